The summed E-state index contributed by atoms with van der Waals surface area (Å²) < 4.78 is 5.21. The van der Waals surface area contributed by atoms with Gasteiger partial charge in [-0.15, -0.1) is 0 Å². The van der Waals surface area contributed by atoms with E-state index in [0.29, 0.717) is 13.0 Å². The molecule has 0 radical (unpaired) electrons. The third kappa shape index (κ3) is 3.87. The maximum atomic E-state index is 11.8. The number of carboxylic acids is 1. The molecule has 0 aromatic carbocycles. The van der Waals surface area contributed by atoms with Crippen LogP contribution in [0.5, 0.6) is 0 Å². The van der Waals surface area contributed by atoms with Gasteiger partial charge in [-0.05, 0) is 33.1 Å². The highest BCUT2D eigenvalue weighted by molar-refractivity contribution is 5.73. The van der Waals surface area contributed by atoms with Gasteiger partial charge in [-0.25, -0.2) is 4.79 Å². The van der Waals surface area contributed by atoms with Crippen molar-refractivity contribution >= 4 is 12.1 Å². The molecular formula is C12H21NO5. The molecule has 2 N–H and O–H groups in total. The molecule has 18 heavy (non-hydrogen) atoms. The van der Waals surface area contributed by atoms with Gasteiger partial charge in [-0.1, -0.05) is 0 Å². The van der Waals surface area contributed by atoms with Crippen molar-refractivity contribution < 1.29 is 24.5 Å². The highest BCUT2D eigenvalue weighted by Crippen LogP contribution is 2.24. The number of piperidine rings is 1. The molecule has 1 saturated heterocycles. The predicted molar refractivity (Wildman–Crippen MR) is 64.1 cm³/mol. The lowest BCUT2D eigenvalue weighted by atomic mass is 9.86. The number of hydrogen-bond acceptors (Lipinski definition) is 4. The molecule has 1 aliphatic heterocycles. The van der Waals surface area contributed by atoms with Crippen LogP contribution in [0.2, 0.25) is 0 Å². The molecule has 104 valence electrons. The van der Waals surface area contributed by atoms with Crippen molar-refractivity contribution in [3.63, 3.8) is 0 Å². The fourth-order valence-corrected chi connectivity index (χ4v) is 1.99. The molecule has 0 aromatic rings. The van der Waals surface area contributed by atoms with Gasteiger partial charge in [0.25, 0.3) is 0 Å². The Morgan fingerprint density at radius 1 is 1.39 bits per heavy atom. The largest absolute Gasteiger partial charge is 0.481 e. The van der Waals surface area contributed by atoms with Crippen LogP contribution in [0.4, 0.5) is 4.79 Å². The van der Waals surface area contributed by atoms with Crippen molar-refractivity contribution in [2.75, 3.05) is 19.7 Å². The van der Waals surface area contributed by atoms with Crippen molar-refractivity contribution in [3.8, 4) is 0 Å². The average molecular weight is 259 g/mol. The molecule has 2 atom stereocenters. The van der Waals surface area contributed by atoms with Gasteiger partial charge in [0.1, 0.15) is 5.60 Å². The van der Waals surface area contributed by atoms with Gasteiger partial charge in [-0.3, -0.25) is 4.79 Å². The third-order valence-corrected chi connectivity index (χ3v) is 2.96. The van der Waals surface area contributed by atoms with Crippen LogP contribution >= 0.6 is 0 Å². The van der Waals surface area contributed by atoms with Gasteiger partial charge in [-0.2, -0.15) is 0 Å². The molecular weight excluding hydrogens is 238 g/mol. The Kier molecular flexibility index (Phi) is 4.56. The van der Waals surface area contributed by atoms with Crippen molar-refractivity contribution in [3.05, 3.63) is 0 Å². The number of likely N-dealkylation sites (tertiary alicyclic amines) is 1. The Hall–Kier alpha value is -1.30. The Morgan fingerprint density at radius 2 is 2.00 bits per heavy atom. The van der Waals surface area contributed by atoms with Gasteiger partial charge < -0.3 is 19.8 Å². The smallest absolute Gasteiger partial charge is 0.410 e. The summed E-state index contributed by atoms with van der Waals surface area (Å²) in [4.78, 5) is 24.3. The fraction of sp³-hybridized carbons (Fsp3) is 0.833. The molecule has 6 nitrogen and oxygen atoms in total. The van der Waals surface area contributed by atoms with Crippen LogP contribution in [0.1, 0.15) is 27.2 Å². The summed E-state index contributed by atoms with van der Waals surface area (Å²) in [6.07, 6.45) is -0.0164. The van der Waals surface area contributed by atoms with E-state index in [9.17, 15) is 9.59 Å². The number of hydrogen-bond donors (Lipinski definition) is 2. The fourth-order valence-electron chi connectivity index (χ4n) is 1.99. The predicted octanol–water partition coefficient (Wildman–Crippen LogP) is 0.936. The van der Waals surface area contributed by atoms with Gasteiger partial charge in [0, 0.05) is 19.7 Å². The molecule has 0 unspecified atom stereocenters. The number of amides is 1. The Morgan fingerprint density at radius 3 is 2.44 bits per heavy atom. The number of rotatable bonds is 2. The molecule has 0 aromatic heterocycles. The molecule has 1 aliphatic rings. The molecule has 1 heterocycles. The first-order valence-electron chi connectivity index (χ1n) is 6.06. The number of ether oxygens (including phenoxy) is 1. The van der Waals surface area contributed by atoms with Crippen LogP contribution in [0, 0.1) is 11.8 Å². The first-order chi connectivity index (χ1) is 8.24. The lowest BCUT2D eigenvalue weighted by Crippen LogP contribution is -2.48. The second-order valence-corrected chi connectivity index (χ2v) is 5.60. The Balaban J connectivity index is 2.65. The molecule has 0 aliphatic carbocycles. The van der Waals surface area contributed by atoms with Crippen molar-refractivity contribution in [1.82, 2.24) is 4.90 Å². The molecule has 1 rings (SSSR count). The van der Waals surface area contributed by atoms with Crippen molar-refractivity contribution in [2.24, 2.45) is 11.8 Å². The first-order valence-corrected chi connectivity index (χ1v) is 6.06. The summed E-state index contributed by atoms with van der Waals surface area (Å²) in [5.41, 5.74) is -0.594. The minimum Gasteiger partial charge on any atom is -0.481 e. The van der Waals surface area contributed by atoms with Crippen molar-refractivity contribution in [1.29, 1.82) is 0 Å². The van der Waals surface area contributed by atoms with E-state index in [0.717, 1.165) is 0 Å². The maximum absolute atomic E-state index is 11.8. The van der Waals surface area contributed by atoms with E-state index in [1.54, 1.807) is 20.8 Å². The number of aliphatic carboxylic acids is 1. The first kappa shape index (κ1) is 14.8. The molecule has 1 fully saturated rings. The van der Waals surface area contributed by atoms with E-state index in [1.165, 1.54) is 4.90 Å². The molecule has 1 amide bonds. The summed E-state index contributed by atoms with van der Waals surface area (Å²) >= 11 is 0. The highest BCUT2D eigenvalue weighted by Gasteiger charge is 2.36. The van der Waals surface area contributed by atoms with E-state index < -0.39 is 23.6 Å². The van der Waals surface area contributed by atoms with Gasteiger partial charge in [0.2, 0.25) is 0 Å². The number of aliphatic hydroxyl groups excluding tert-OH is 1. The maximum Gasteiger partial charge on any atom is 0.410 e. The zero-order chi connectivity index (χ0) is 13.9. The summed E-state index contributed by atoms with van der Waals surface area (Å²) in [6, 6.07) is 0. The summed E-state index contributed by atoms with van der Waals surface area (Å²) in [5.74, 6) is -2.00. The van der Waals surface area contributed by atoms with Crippen LogP contribution in [-0.4, -0.2) is 52.5 Å². The molecule has 0 spiro atoms. The normalized spacial score (nSPS) is 24.8. The monoisotopic (exact) mass is 259 g/mol. The minimum absolute atomic E-state index is 0.0927. The second kappa shape index (κ2) is 5.56. The van der Waals surface area contributed by atoms with Crippen LogP contribution in [0.15, 0.2) is 0 Å². The Labute approximate surface area is 107 Å². The number of aliphatic hydroxyl groups is 1. The van der Waals surface area contributed by atoms with E-state index in [2.05, 4.69) is 0 Å². The minimum atomic E-state index is -0.984. The highest BCUT2D eigenvalue weighted by atomic mass is 16.6. The van der Waals surface area contributed by atoms with Crippen LogP contribution in [0.25, 0.3) is 0 Å². The topological polar surface area (TPSA) is 87.1 Å². The molecule has 0 bridgehead atoms. The second-order valence-electron chi connectivity index (χ2n) is 5.60. The van der Waals surface area contributed by atoms with E-state index in [-0.39, 0.29) is 19.1 Å². The zero-order valence-corrected chi connectivity index (χ0v) is 11.0. The average Bonchev–Trinajstić information content (AvgIpc) is 2.25. The number of carbonyl (C=O) groups excluding carboxylic acids is 1. The SMILES string of the molecule is CC(C)(C)OC(=O)N1CC[C@@H](CO)[C@@H](C(=O)O)C1. The molecule has 0 saturated carbocycles. The standard InChI is InChI=1S/C12H21NO5/c1-12(2,3)18-11(17)13-5-4-8(7-14)9(6-13)10(15)16/h8-9,14H,4-7H2,1-3H3,(H,15,16)/t8-,9-/m0/s1. The number of nitrogens with zero attached hydrogens (tertiary/aromatic N) is 1. The molecule has 6 heteroatoms. The van der Waals surface area contributed by atoms with E-state index in [4.69, 9.17) is 14.9 Å². The van der Waals surface area contributed by atoms with Gasteiger partial charge >= 0.3 is 12.1 Å². The lowest BCUT2D eigenvalue weighted by molar-refractivity contribution is -0.146. The van der Waals surface area contributed by atoms with Crippen LogP contribution in [-0.2, 0) is 9.53 Å². The number of carboxylic acid groups (broad SMARTS) is 1. The summed E-state index contributed by atoms with van der Waals surface area (Å²) in [5, 5.41) is 18.2. The summed E-state index contributed by atoms with van der Waals surface area (Å²) in [7, 11) is 0. The van der Waals surface area contributed by atoms with E-state index in [1.807, 2.05) is 0 Å². The van der Waals surface area contributed by atoms with Crippen molar-refractivity contribution in [2.45, 2.75) is 32.8 Å². The van der Waals surface area contributed by atoms with Crippen LogP contribution in [0.3, 0.4) is 0 Å². The third-order valence-electron chi connectivity index (χ3n) is 2.96. The summed E-state index contributed by atoms with van der Waals surface area (Å²) in [6.45, 7) is 5.64. The Bertz CT molecular complexity index is 323. The quantitative estimate of drug-likeness (QED) is 0.770. The zero-order valence-electron chi connectivity index (χ0n) is 11.0. The van der Waals surface area contributed by atoms with Crippen LogP contribution < -0.4 is 0 Å². The number of carbonyl (C=O) groups is 2. The van der Waals surface area contributed by atoms with Gasteiger partial charge in [0.15, 0.2) is 0 Å². The van der Waals surface area contributed by atoms with E-state index >= 15 is 0 Å². The van der Waals surface area contributed by atoms with Gasteiger partial charge in [0.05, 0.1) is 5.92 Å². The lowest BCUT2D eigenvalue weighted by Gasteiger charge is -2.36.